The number of oxazole rings is 1. The lowest BCUT2D eigenvalue weighted by molar-refractivity contribution is -0.134. The number of primary amides is 1. The molecule has 2 amide bonds. The number of ether oxygens (including phenoxy) is 1. The number of hydrogen-bond donors (Lipinski definition) is 1. The van der Waals surface area contributed by atoms with Crippen molar-refractivity contribution in [2.75, 3.05) is 19.8 Å². The topological polar surface area (TPSA) is 98.7 Å². The Balaban J connectivity index is 1.69. The number of carbonyl (C=O) groups is 2. The van der Waals surface area contributed by atoms with E-state index in [0.29, 0.717) is 25.5 Å². The average Bonchev–Trinajstić information content (AvgIpc) is 3.17. The molecule has 3 heterocycles. The van der Waals surface area contributed by atoms with E-state index in [9.17, 15) is 9.59 Å². The molecule has 1 spiro atoms. The molecule has 0 radical (unpaired) electrons. The first-order valence-electron chi connectivity index (χ1n) is 9.70. The zero-order valence-corrected chi connectivity index (χ0v) is 16.0. The van der Waals surface area contributed by atoms with Crippen LogP contribution in [0.2, 0.25) is 0 Å². The maximum atomic E-state index is 13.4. The van der Waals surface area contributed by atoms with Gasteiger partial charge in [0.1, 0.15) is 6.04 Å². The molecule has 1 aromatic heterocycles. The van der Waals surface area contributed by atoms with E-state index < -0.39 is 11.9 Å². The maximum Gasteiger partial charge on any atom is 0.277 e. The third-order valence-corrected chi connectivity index (χ3v) is 6.03. The number of benzene rings is 1. The molecule has 4 rings (SSSR count). The molecule has 2 aliphatic heterocycles. The number of carbonyl (C=O) groups excluding carboxylic acids is 2. The highest BCUT2D eigenvalue weighted by molar-refractivity contribution is 6.00. The van der Waals surface area contributed by atoms with Crippen molar-refractivity contribution in [2.45, 2.75) is 38.6 Å². The molecule has 7 nitrogen and oxygen atoms in total. The third-order valence-electron chi connectivity index (χ3n) is 6.03. The third kappa shape index (κ3) is 3.20. The summed E-state index contributed by atoms with van der Waals surface area (Å²) in [7, 11) is 0. The minimum atomic E-state index is -0.653. The molecule has 28 heavy (non-hydrogen) atoms. The summed E-state index contributed by atoms with van der Waals surface area (Å²) in [5, 5.41) is 0. The quantitative estimate of drug-likeness (QED) is 0.878. The SMILES string of the molecule is Cc1cccc(-c2ocnc2C(=O)N2CCCC3(CCOCC3)C2C(N)=O)c1. The summed E-state index contributed by atoms with van der Waals surface area (Å²) < 4.78 is 11.1. The predicted octanol–water partition coefficient (Wildman–Crippen LogP) is 2.54. The van der Waals surface area contributed by atoms with Crippen molar-refractivity contribution < 1.29 is 18.7 Å². The Morgan fingerprint density at radius 2 is 2.04 bits per heavy atom. The van der Waals surface area contributed by atoms with Crippen molar-refractivity contribution in [1.82, 2.24) is 9.88 Å². The highest BCUT2D eigenvalue weighted by Gasteiger charge is 2.50. The fourth-order valence-electron chi connectivity index (χ4n) is 4.70. The van der Waals surface area contributed by atoms with Gasteiger partial charge in [-0.05, 0) is 38.7 Å². The Bertz CT molecular complexity index is 880. The van der Waals surface area contributed by atoms with Crippen LogP contribution in [0, 0.1) is 12.3 Å². The van der Waals surface area contributed by atoms with Gasteiger partial charge in [0.15, 0.2) is 17.8 Å². The Morgan fingerprint density at radius 1 is 1.25 bits per heavy atom. The molecular formula is C21H25N3O4. The normalized spacial score (nSPS) is 21.6. The van der Waals surface area contributed by atoms with Crippen LogP contribution >= 0.6 is 0 Å². The van der Waals surface area contributed by atoms with Gasteiger partial charge in [0.2, 0.25) is 5.91 Å². The van der Waals surface area contributed by atoms with Gasteiger partial charge in [0.25, 0.3) is 5.91 Å². The Morgan fingerprint density at radius 3 is 2.75 bits per heavy atom. The van der Waals surface area contributed by atoms with Gasteiger partial charge >= 0.3 is 0 Å². The average molecular weight is 383 g/mol. The number of likely N-dealkylation sites (tertiary alicyclic amines) is 1. The van der Waals surface area contributed by atoms with Crippen LogP contribution in [0.4, 0.5) is 0 Å². The van der Waals surface area contributed by atoms with E-state index in [1.54, 1.807) is 4.90 Å². The molecule has 2 aromatic rings. The first-order valence-corrected chi connectivity index (χ1v) is 9.70. The van der Waals surface area contributed by atoms with Crippen LogP contribution in [-0.2, 0) is 9.53 Å². The summed E-state index contributed by atoms with van der Waals surface area (Å²) >= 11 is 0. The maximum absolute atomic E-state index is 13.4. The summed E-state index contributed by atoms with van der Waals surface area (Å²) in [4.78, 5) is 31.7. The van der Waals surface area contributed by atoms with Crippen LogP contribution in [0.25, 0.3) is 11.3 Å². The van der Waals surface area contributed by atoms with Crippen molar-refractivity contribution >= 4 is 11.8 Å². The number of hydrogen-bond acceptors (Lipinski definition) is 5. The number of nitrogens with two attached hydrogens (primary N) is 1. The van der Waals surface area contributed by atoms with Gasteiger partial charge in [-0.25, -0.2) is 4.98 Å². The van der Waals surface area contributed by atoms with E-state index in [4.69, 9.17) is 14.9 Å². The number of rotatable bonds is 3. The van der Waals surface area contributed by atoms with E-state index in [1.807, 2.05) is 31.2 Å². The summed E-state index contributed by atoms with van der Waals surface area (Å²) in [6.07, 6.45) is 4.44. The number of amides is 2. The summed E-state index contributed by atoms with van der Waals surface area (Å²) in [5.41, 5.74) is 7.56. The van der Waals surface area contributed by atoms with Crippen LogP contribution in [0.5, 0.6) is 0 Å². The number of aromatic nitrogens is 1. The molecular weight excluding hydrogens is 358 g/mol. The number of nitrogens with zero attached hydrogens (tertiary/aromatic N) is 2. The van der Waals surface area contributed by atoms with E-state index in [-0.39, 0.29) is 17.0 Å². The number of piperidine rings is 1. The molecule has 1 atom stereocenters. The van der Waals surface area contributed by atoms with Crippen molar-refractivity contribution in [3.63, 3.8) is 0 Å². The van der Waals surface area contributed by atoms with E-state index in [2.05, 4.69) is 4.98 Å². The van der Waals surface area contributed by atoms with Crippen molar-refractivity contribution in [1.29, 1.82) is 0 Å². The molecule has 1 unspecified atom stereocenters. The smallest absolute Gasteiger partial charge is 0.277 e. The molecule has 0 saturated carbocycles. The minimum absolute atomic E-state index is 0.223. The minimum Gasteiger partial charge on any atom is -0.443 e. The van der Waals surface area contributed by atoms with Crippen LogP contribution < -0.4 is 5.73 Å². The summed E-state index contributed by atoms with van der Waals surface area (Å²) in [6, 6.07) is 7.06. The highest BCUT2D eigenvalue weighted by Crippen LogP contribution is 2.44. The van der Waals surface area contributed by atoms with Crippen molar-refractivity contribution in [3.8, 4) is 11.3 Å². The van der Waals surface area contributed by atoms with Crippen LogP contribution in [0.15, 0.2) is 35.1 Å². The molecule has 148 valence electrons. The van der Waals surface area contributed by atoms with Gasteiger partial charge in [-0.15, -0.1) is 0 Å². The van der Waals surface area contributed by atoms with Gasteiger partial charge in [-0.3, -0.25) is 9.59 Å². The predicted molar refractivity (Wildman–Crippen MR) is 102 cm³/mol. The molecule has 0 bridgehead atoms. The largest absolute Gasteiger partial charge is 0.443 e. The van der Waals surface area contributed by atoms with Gasteiger partial charge in [-0.2, -0.15) is 0 Å². The second-order valence-electron chi connectivity index (χ2n) is 7.78. The van der Waals surface area contributed by atoms with Gasteiger partial charge in [-0.1, -0.05) is 23.8 Å². The van der Waals surface area contributed by atoms with Crippen molar-refractivity contribution in [2.24, 2.45) is 11.1 Å². The van der Waals surface area contributed by atoms with E-state index in [0.717, 1.165) is 36.8 Å². The van der Waals surface area contributed by atoms with Crippen LogP contribution in [0.1, 0.15) is 41.7 Å². The molecule has 2 fully saturated rings. The summed E-state index contributed by atoms with van der Waals surface area (Å²) in [6.45, 7) is 3.63. The van der Waals surface area contributed by atoms with Crippen LogP contribution in [-0.4, -0.2) is 47.5 Å². The zero-order valence-electron chi connectivity index (χ0n) is 16.0. The molecule has 2 N–H and O–H groups in total. The Kier molecular flexibility index (Phi) is 4.93. The zero-order chi connectivity index (χ0) is 19.7. The van der Waals surface area contributed by atoms with Gasteiger partial charge < -0.3 is 19.8 Å². The van der Waals surface area contributed by atoms with Crippen molar-refractivity contribution in [3.05, 3.63) is 41.9 Å². The van der Waals surface area contributed by atoms with E-state index in [1.165, 1.54) is 6.39 Å². The molecule has 2 saturated heterocycles. The first-order chi connectivity index (χ1) is 13.5. The number of aryl methyl sites for hydroxylation is 1. The standard InChI is InChI=1S/C21H25N3O4/c1-14-4-2-5-15(12-14)17-16(23-13-28-17)20(26)24-9-3-6-21(18(24)19(22)25)7-10-27-11-8-21/h2,4-5,12-13,18H,3,6-11H2,1H3,(H2,22,25). The summed E-state index contributed by atoms with van der Waals surface area (Å²) in [5.74, 6) is -0.348. The lowest BCUT2D eigenvalue weighted by atomic mass is 9.67. The lowest BCUT2D eigenvalue weighted by Gasteiger charge is -2.50. The van der Waals surface area contributed by atoms with Crippen LogP contribution in [0.3, 0.4) is 0 Å². The molecule has 0 aliphatic carbocycles. The molecule has 1 aromatic carbocycles. The first kappa shape index (κ1) is 18.7. The second kappa shape index (κ2) is 7.39. The van der Waals surface area contributed by atoms with Gasteiger partial charge in [0, 0.05) is 30.7 Å². The molecule has 7 heteroatoms. The second-order valence-corrected chi connectivity index (χ2v) is 7.78. The fourth-order valence-corrected chi connectivity index (χ4v) is 4.70. The fraction of sp³-hybridized carbons (Fsp3) is 0.476. The van der Waals surface area contributed by atoms with E-state index >= 15 is 0 Å². The highest BCUT2D eigenvalue weighted by atomic mass is 16.5. The van der Waals surface area contributed by atoms with Gasteiger partial charge in [0.05, 0.1) is 0 Å². The monoisotopic (exact) mass is 383 g/mol. The Hall–Kier alpha value is -2.67. The lowest BCUT2D eigenvalue weighted by Crippen LogP contribution is -2.61. The Labute approximate surface area is 163 Å². The molecule has 2 aliphatic rings.